The first kappa shape index (κ1) is 14.5. The summed E-state index contributed by atoms with van der Waals surface area (Å²) in [6, 6.07) is 4.43. The molecular formula is C14H13FN6OS. The molecule has 3 heterocycles. The summed E-state index contributed by atoms with van der Waals surface area (Å²) >= 11 is 1.30. The summed E-state index contributed by atoms with van der Waals surface area (Å²) in [5, 5.41) is 13.6. The summed E-state index contributed by atoms with van der Waals surface area (Å²) in [7, 11) is 0. The molecule has 3 aromatic rings. The lowest BCUT2D eigenvalue weighted by Crippen LogP contribution is -2.16. The number of benzene rings is 1. The van der Waals surface area contributed by atoms with Crippen LogP contribution in [0.25, 0.3) is 10.9 Å². The molecule has 1 aliphatic heterocycles. The Morgan fingerprint density at radius 2 is 2.30 bits per heavy atom. The van der Waals surface area contributed by atoms with Crippen LogP contribution in [0.2, 0.25) is 0 Å². The molecule has 0 saturated carbocycles. The fraction of sp³-hybridized carbons (Fsp3) is 0.357. The molecule has 118 valence electrons. The van der Waals surface area contributed by atoms with E-state index in [0.29, 0.717) is 27.6 Å². The van der Waals surface area contributed by atoms with Gasteiger partial charge in [-0.3, -0.25) is 0 Å². The number of rotatable bonds is 4. The normalized spacial score (nSPS) is 17.9. The zero-order valence-corrected chi connectivity index (χ0v) is 12.9. The SMILES string of the molecule is Fc1ccc2ncnc(Sc3nnnn3CC3CCCO3)c2c1. The quantitative estimate of drug-likeness (QED) is 0.677. The molecule has 0 bridgehead atoms. The molecular weight excluding hydrogens is 319 g/mol. The average Bonchev–Trinajstić information content (AvgIpc) is 3.21. The molecule has 1 atom stereocenters. The zero-order valence-electron chi connectivity index (χ0n) is 12.1. The minimum Gasteiger partial charge on any atom is -0.376 e. The Hall–Kier alpha value is -2.13. The van der Waals surface area contributed by atoms with E-state index in [9.17, 15) is 4.39 Å². The first-order valence-electron chi connectivity index (χ1n) is 7.25. The van der Waals surface area contributed by atoms with Crippen molar-refractivity contribution < 1.29 is 9.13 Å². The molecule has 0 amide bonds. The maximum absolute atomic E-state index is 13.5. The Morgan fingerprint density at radius 1 is 1.35 bits per heavy atom. The third-order valence-corrected chi connectivity index (χ3v) is 4.64. The molecule has 0 N–H and O–H groups in total. The van der Waals surface area contributed by atoms with Crippen LogP contribution in [0, 0.1) is 5.82 Å². The van der Waals surface area contributed by atoms with Crippen LogP contribution >= 0.6 is 11.8 Å². The average molecular weight is 332 g/mol. The molecule has 1 unspecified atom stereocenters. The molecule has 2 aromatic heterocycles. The van der Waals surface area contributed by atoms with E-state index in [4.69, 9.17) is 4.74 Å². The van der Waals surface area contributed by atoms with Gasteiger partial charge in [-0.25, -0.2) is 19.0 Å². The number of halogens is 1. The fourth-order valence-corrected chi connectivity index (χ4v) is 3.38. The number of nitrogens with zero attached hydrogens (tertiary/aromatic N) is 6. The minimum absolute atomic E-state index is 0.137. The largest absolute Gasteiger partial charge is 0.376 e. The summed E-state index contributed by atoms with van der Waals surface area (Å²) < 4.78 is 20.8. The van der Waals surface area contributed by atoms with Crippen molar-refractivity contribution in [2.24, 2.45) is 0 Å². The second-order valence-corrected chi connectivity index (χ2v) is 6.18. The van der Waals surface area contributed by atoms with Crippen LogP contribution in [-0.2, 0) is 11.3 Å². The molecule has 23 heavy (non-hydrogen) atoms. The van der Waals surface area contributed by atoms with Crippen LogP contribution in [0.15, 0.2) is 34.7 Å². The van der Waals surface area contributed by atoms with Crippen LogP contribution in [0.4, 0.5) is 4.39 Å². The Balaban J connectivity index is 1.63. The summed E-state index contributed by atoms with van der Waals surface area (Å²) in [4.78, 5) is 8.39. The van der Waals surface area contributed by atoms with Gasteiger partial charge in [-0.05, 0) is 53.2 Å². The standard InChI is InChI=1S/C14H13FN6OS/c15-9-3-4-12-11(6-9)13(17-8-16-12)23-14-18-19-20-21(14)7-10-2-1-5-22-10/h3-4,6,8,10H,1-2,5,7H2. The topological polar surface area (TPSA) is 78.6 Å². The number of hydrogen-bond donors (Lipinski definition) is 0. The van der Waals surface area contributed by atoms with Crippen LogP contribution < -0.4 is 0 Å². The van der Waals surface area contributed by atoms with Gasteiger partial charge in [0.15, 0.2) is 0 Å². The maximum atomic E-state index is 13.5. The van der Waals surface area contributed by atoms with Gasteiger partial charge in [0.1, 0.15) is 17.2 Å². The van der Waals surface area contributed by atoms with Crippen LogP contribution in [0.5, 0.6) is 0 Å². The Bertz CT molecular complexity index is 835. The van der Waals surface area contributed by atoms with Crippen molar-refractivity contribution in [1.82, 2.24) is 30.2 Å². The third kappa shape index (κ3) is 3.02. The van der Waals surface area contributed by atoms with Gasteiger partial charge < -0.3 is 4.74 Å². The fourth-order valence-electron chi connectivity index (χ4n) is 2.54. The number of hydrogen-bond acceptors (Lipinski definition) is 7. The van der Waals surface area contributed by atoms with Gasteiger partial charge in [0.05, 0.1) is 18.2 Å². The third-order valence-electron chi connectivity index (χ3n) is 3.65. The van der Waals surface area contributed by atoms with Crippen molar-refractivity contribution in [3.8, 4) is 0 Å². The second-order valence-electron chi connectivity index (χ2n) is 5.22. The molecule has 1 aliphatic rings. The van der Waals surface area contributed by atoms with E-state index in [1.165, 1.54) is 30.2 Å². The van der Waals surface area contributed by atoms with Crippen molar-refractivity contribution in [2.45, 2.75) is 35.7 Å². The van der Waals surface area contributed by atoms with Gasteiger partial charge in [0.25, 0.3) is 0 Å². The molecule has 1 fully saturated rings. The Kier molecular flexibility index (Phi) is 3.88. The molecule has 9 heteroatoms. The predicted molar refractivity (Wildman–Crippen MR) is 80.4 cm³/mol. The van der Waals surface area contributed by atoms with Crippen molar-refractivity contribution in [1.29, 1.82) is 0 Å². The van der Waals surface area contributed by atoms with Crippen molar-refractivity contribution in [3.63, 3.8) is 0 Å². The lowest BCUT2D eigenvalue weighted by molar-refractivity contribution is 0.0912. The molecule has 4 rings (SSSR count). The number of ether oxygens (including phenoxy) is 1. The predicted octanol–water partition coefficient (Wildman–Crippen LogP) is 2.09. The van der Waals surface area contributed by atoms with E-state index < -0.39 is 0 Å². The van der Waals surface area contributed by atoms with Gasteiger partial charge in [-0.1, -0.05) is 0 Å². The van der Waals surface area contributed by atoms with E-state index in [1.54, 1.807) is 10.7 Å². The first-order valence-corrected chi connectivity index (χ1v) is 8.07. The van der Waals surface area contributed by atoms with Gasteiger partial charge in [0, 0.05) is 12.0 Å². The molecule has 1 aromatic carbocycles. The van der Waals surface area contributed by atoms with E-state index >= 15 is 0 Å². The highest BCUT2D eigenvalue weighted by Crippen LogP contribution is 2.30. The summed E-state index contributed by atoms with van der Waals surface area (Å²) in [6.45, 7) is 1.39. The Morgan fingerprint density at radius 3 is 3.17 bits per heavy atom. The van der Waals surface area contributed by atoms with Crippen molar-refractivity contribution in [3.05, 3.63) is 30.3 Å². The van der Waals surface area contributed by atoms with Gasteiger partial charge >= 0.3 is 0 Å². The van der Waals surface area contributed by atoms with Gasteiger partial charge in [-0.15, -0.1) is 5.10 Å². The molecule has 7 nitrogen and oxygen atoms in total. The zero-order chi connectivity index (χ0) is 15.6. The highest BCUT2D eigenvalue weighted by atomic mass is 32.2. The van der Waals surface area contributed by atoms with Crippen molar-refractivity contribution in [2.75, 3.05) is 6.61 Å². The minimum atomic E-state index is -0.326. The lowest BCUT2D eigenvalue weighted by Gasteiger charge is -2.10. The van der Waals surface area contributed by atoms with E-state index in [1.807, 2.05) is 0 Å². The van der Waals surface area contributed by atoms with Crippen LogP contribution in [0.1, 0.15) is 12.8 Å². The molecule has 0 aliphatic carbocycles. The molecule has 1 saturated heterocycles. The van der Waals surface area contributed by atoms with E-state index in [2.05, 4.69) is 25.5 Å². The highest BCUT2D eigenvalue weighted by molar-refractivity contribution is 7.99. The van der Waals surface area contributed by atoms with E-state index in [-0.39, 0.29) is 11.9 Å². The number of tetrazole rings is 1. The van der Waals surface area contributed by atoms with Crippen LogP contribution in [-0.4, -0.2) is 42.9 Å². The van der Waals surface area contributed by atoms with Gasteiger partial charge in [-0.2, -0.15) is 0 Å². The van der Waals surface area contributed by atoms with Crippen molar-refractivity contribution >= 4 is 22.7 Å². The van der Waals surface area contributed by atoms with Gasteiger partial charge in [0.2, 0.25) is 5.16 Å². The second kappa shape index (κ2) is 6.17. The smallest absolute Gasteiger partial charge is 0.215 e. The van der Waals surface area contributed by atoms with Crippen LogP contribution in [0.3, 0.4) is 0 Å². The van der Waals surface area contributed by atoms with E-state index in [0.717, 1.165) is 19.4 Å². The Labute approximate surface area is 135 Å². The summed E-state index contributed by atoms with van der Waals surface area (Å²) in [5.41, 5.74) is 0.682. The first-order chi connectivity index (χ1) is 11.3. The molecule has 0 spiro atoms. The summed E-state index contributed by atoms with van der Waals surface area (Å²) in [5.74, 6) is -0.326. The number of fused-ring (bicyclic) bond motifs is 1. The maximum Gasteiger partial charge on any atom is 0.215 e. The highest BCUT2D eigenvalue weighted by Gasteiger charge is 2.20. The molecule has 0 radical (unpaired) electrons. The monoisotopic (exact) mass is 332 g/mol. The number of aromatic nitrogens is 6. The summed E-state index contributed by atoms with van der Waals surface area (Å²) in [6.07, 6.45) is 3.66. The lowest BCUT2D eigenvalue weighted by atomic mass is 10.2.